The van der Waals surface area contributed by atoms with Crippen LogP contribution in [0.1, 0.15) is 23.0 Å². The molecule has 1 heterocycles. The van der Waals surface area contributed by atoms with E-state index in [1.54, 1.807) is 16.8 Å². The zero-order valence-corrected chi connectivity index (χ0v) is 12.9. The number of methoxy groups -OCH3 is 1. The molecule has 0 aliphatic carbocycles. The van der Waals surface area contributed by atoms with E-state index in [-0.39, 0.29) is 11.8 Å². The highest BCUT2D eigenvalue weighted by atomic mass is 35.5. The van der Waals surface area contributed by atoms with Crippen molar-refractivity contribution in [3.8, 4) is 5.75 Å². The Kier molecular flexibility index (Phi) is 4.82. The van der Waals surface area contributed by atoms with Gasteiger partial charge in [-0.2, -0.15) is 5.10 Å². The number of halogens is 2. The molecule has 0 bridgehead atoms. The van der Waals surface area contributed by atoms with E-state index in [9.17, 15) is 4.39 Å². The van der Waals surface area contributed by atoms with Crippen molar-refractivity contribution in [1.29, 1.82) is 0 Å². The van der Waals surface area contributed by atoms with Crippen LogP contribution in [-0.2, 0) is 13.5 Å². The molecule has 0 spiro atoms. The lowest BCUT2D eigenvalue weighted by molar-refractivity contribution is 0.384. The molecule has 21 heavy (non-hydrogen) atoms. The first-order valence-corrected chi connectivity index (χ1v) is 6.83. The van der Waals surface area contributed by atoms with Gasteiger partial charge in [-0.25, -0.2) is 4.39 Å². The first kappa shape index (κ1) is 15.8. The Morgan fingerprint density at radius 2 is 2.24 bits per heavy atom. The topological polar surface area (TPSA) is 65.1 Å². The van der Waals surface area contributed by atoms with Crippen molar-refractivity contribution < 1.29 is 9.13 Å². The van der Waals surface area contributed by atoms with Gasteiger partial charge >= 0.3 is 0 Å². The first-order chi connectivity index (χ1) is 9.97. The van der Waals surface area contributed by atoms with Crippen LogP contribution in [0.3, 0.4) is 0 Å². The molecule has 0 saturated carbocycles. The van der Waals surface area contributed by atoms with Gasteiger partial charge in [0.25, 0.3) is 0 Å². The second-order valence-corrected chi connectivity index (χ2v) is 5.17. The monoisotopic (exact) mass is 312 g/mol. The molecule has 1 unspecified atom stereocenters. The van der Waals surface area contributed by atoms with Gasteiger partial charge in [0.2, 0.25) is 0 Å². The van der Waals surface area contributed by atoms with Gasteiger partial charge in [-0.1, -0.05) is 17.7 Å². The van der Waals surface area contributed by atoms with Crippen molar-refractivity contribution >= 4 is 11.6 Å². The minimum absolute atomic E-state index is 0.181. The van der Waals surface area contributed by atoms with Crippen LogP contribution in [0.2, 0.25) is 5.02 Å². The molecular formula is C14H18ClFN4O. The smallest absolute Gasteiger partial charge is 0.165 e. The van der Waals surface area contributed by atoms with E-state index in [1.807, 2.05) is 14.0 Å². The number of nitrogens with two attached hydrogens (primary N) is 1. The lowest BCUT2D eigenvalue weighted by Crippen LogP contribution is -2.30. The lowest BCUT2D eigenvalue weighted by Gasteiger charge is -2.17. The van der Waals surface area contributed by atoms with Crippen LogP contribution in [0.5, 0.6) is 5.75 Å². The highest BCUT2D eigenvalue weighted by Gasteiger charge is 2.19. The van der Waals surface area contributed by atoms with Crippen LogP contribution >= 0.6 is 11.6 Å². The maximum atomic E-state index is 13.5. The number of hydrazine groups is 1. The van der Waals surface area contributed by atoms with E-state index in [1.165, 1.54) is 13.2 Å². The fraction of sp³-hybridized carbons (Fsp3) is 0.357. The summed E-state index contributed by atoms with van der Waals surface area (Å²) < 4.78 is 20.2. The number of hydrogen-bond donors (Lipinski definition) is 2. The van der Waals surface area contributed by atoms with E-state index in [0.717, 1.165) is 17.0 Å². The first-order valence-electron chi connectivity index (χ1n) is 6.45. The van der Waals surface area contributed by atoms with Crippen LogP contribution in [0.25, 0.3) is 0 Å². The summed E-state index contributed by atoms with van der Waals surface area (Å²) in [4.78, 5) is 0. The maximum Gasteiger partial charge on any atom is 0.165 e. The second kappa shape index (κ2) is 6.43. The quantitative estimate of drug-likeness (QED) is 0.656. The van der Waals surface area contributed by atoms with Crippen molar-refractivity contribution in [3.63, 3.8) is 0 Å². The van der Waals surface area contributed by atoms with Gasteiger partial charge in [-0.05, 0) is 24.6 Å². The average molecular weight is 313 g/mol. The Hall–Kier alpha value is -1.63. The minimum Gasteiger partial charge on any atom is -0.494 e. The van der Waals surface area contributed by atoms with E-state index < -0.39 is 5.82 Å². The SMILES string of the molecule is COc1cc(C(Cc2c(Cl)c(C)nn2C)NN)ccc1F. The van der Waals surface area contributed by atoms with Gasteiger partial charge in [-0.3, -0.25) is 16.0 Å². The Bertz CT molecular complexity index is 644. The number of nitrogens with one attached hydrogen (secondary N) is 1. The molecule has 0 radical (unpaired) electrons. The molecule has 0 aliphatic heterocycles. The molecule has 5 nitrogen and oxygen atoms in total. The van der Waals surface area contributed by atoms with Crippen molar-refractivity contribution in [2.45, 2.75) is 19.4 Å². The van der Waals surface area contributed by atoms with E-state index in [2.05, 4.69) is 10.5 Å². The molecule has 3 N–H and O–H groups in total. The molecule has 0 saturated heterocycles. The highest BCUT2D eigenvalue weighted by Crippen LogP contribution is 2.28. The normalized spacial score (nSPS) is 12.5. The van der Waals surface area contributed by atoms with E-state index in [0.29, 0.717) is 11.4 Å². The number of rotatable bonds is 5. The summed E-state index contributed by atoms with van der Waals surface area (Å²) >= 11 is 6.25. The molecule has 0 fully saturated rings. The van der Waals surface area contributed by atoms with Crippen molar-refractivity contribution in [1.82, 2.24) is 15.2 Å². The standard InChI is InChI=1S/C14H18ClFN4O/c1-8-14(15)12(20(2)19-8)7-11(18-17)9-4-5-10(16)13(6-9)21-3/h4-6,11,18H,7,17H2,1-3H3. The molecule has 2 rings (SSSR count). The summed E-state index contributed by atoms with van der Waals surface area (Å²) in [5, 5.41) is 4.89. The zero-order chi connectivity index (χ0) is 15.6. The number of ether oxygens (including phenoxy) is 1. The molecule has 2 aromatic rings. The van der Waals surface area contributed by atoms with Gasteiger partial charge in [0.05, 0.1) is 29.6 Å². The molecule has 7 heteroatoms. The Labute approximate surface area is 127 Å². The predicted molar refractivity (Wildman–Crippen MR) is 79.7 cm³/mol. The van der Waals surface area contributed by atoms with Gasteiger partial charge in [-0.15, -0.1) is 0 Å². The van der Waals surface area contributed by atoms with Gasteiger partial charge < -0.3 is 4.74 Å². The maximum absolute atomic E-state index is 13.5. The summed E-state index contributed by atoms with van der Waals surface area (Å²) in [6.45, 7) is 1.84. The summed E-state index contributed by atoms with van der Waals surface area (Å²) in [6, 6.07) is 4.41. The van der Waals surface area contributed by atoms with Crippen LogP contribution in [0.15, 0.2) is 18.2 Å². The lowest BCUT2D eigenvalue weighted by atomic mass is 10.0. The average Bonchev–Trinajstić information content (AvgIpc) is 2.71. The predicted octanol–water partition coefficient (Wildman–Crippen LogP) is 2.28. The fourth-order valence-electron chi connectivity index (χ4n) is 2.26. The molecule has 1 atom stereocenters. The highest BCUT2D eigenvalue weighted by molar-refractivity contribution is 6.31. The molecule has 114 valence electrons. The third-order valence-electron chi connectivity index (χ3n) is 3.44. The van der Waals surface area contributed by atoms with E-state index >= 15 is 0 Å². The van der Waals surface area contributed by atoms with Crippen LogP contribution in [0.4, 0.5) is 4.39 Å². The van der Waals surface area contributed by atoms with Crippen molar-refractivity contribution in [3.05, 3.63) is 46.0 Å². The number of aryl methyl sites for hydroxylation is 2. The largest absolute Gasteiger partial charge is 0.494 e. The molecule has 1 aromatic carbocycles. The third-order valence-corrected chi connectivity index (χ3v) is 3.93. The summed E-state index contributed by atoms with van der Waals surface area (Å²) in [7, 11) is 3.25. The van der Waals surface area contributed by atoms with Gasteiger partial charge in [0.1, 0.15) is 0 Å². The number of nitrogens with zero attached hydrogens (tertiary/aromatic N) is 2. The van der Waals surface area contributed by atoms with E-state index in [4.69, 9.17) is 22.2 Å². The van der Waals surface area contributed by atoms with Crippen molar-refractivity contribution in [2.75, 3.05) is 7.11 Å². The molecule has 1 aromatic heterocycles. The summed E-state index contributed by atoms with van der Waals surface area (Å²) in [5.74, 6) is 5.40. The molecular weight excluding hydrogens is 295 g/mol. The number of hydrogen-bond acceptors (Lipinski definition) is 4. The zero-order valence-electron chi connectivity index (χ0n) is 12.2. The van der Waals surface area contributed by atoms with Gasteiger partial charge in [0, 0.05) is 13.5 Å². The second-order valence-electron chi connectivity index (χ2n) is 4.79. The third kappa shape index (κ3) is 3.18. The Balaban J connectivity index is 2.32. The Morgan fingerprint density at radius 3 is 2.76 bits per heavy atom. The summed E-state index contributed by atoms with van der Waals surface area (Å²) in [5.41, 5.74) is 5.16. The van der Waals surface area contributed by atoms with Crippen LogP contribution < -0.4 is 16.0 Å². The summed E-state index contributed by atoms with van der Waals surface area (Å²) in [6.07, 6.45) is 0.529. The van der Waals surface area contributed by atoms with Crippen molar-refractivity contribution in [2.24, 2.45) is 12.9 Å². The van der Waals surface area contributed by atoms with Crippen LogP contribution in [-0.4, -0.2) is 16.9 Å². The minimum atomic E-state index is -0.411. The van der Waals surface area contributed by atoms with Gasteiger partial charge in [0.15, 0.2) is 11.6 Å². The number of benzene rings is 1. The molecule has 0 amide bonds. The molecule has 0 aliphatic rings. The fourth-order valence-corrected chi connectivity index (χ4v) is 2.50. The number of aromatic nitrogens is 2. The van der Waals surface area contributed by atoms with Crippen LogP contribution in [0, 0.1) is 12.7 Å². The Morgan fingerprint density at radius 1 is 1.52 bits per heavy atom.